The summed E-state index contributed by atoms with van der Waals surface area (Å²) >= 11 is 0. The smallest absolute Gasteiger partial charge is 0.212 e. The van der Waals surface area contributed by atoms with E-state index in [9.17, 15) is 0 Å². The predicted octanol–water partition coefficient (Wildman–Crippen LogP) is 16.9. The number of nitrogens with zero attached hydrogens (tertiary/aromatic N) is 4. The molecule has 0 aliphatic rings. The van der Waals surface area contributed by atoms with E-state index in [-0.39, 0.29) is 116 Å². The second-order valence-corrected chi connectivity index (χ2v) is 18.9. The van der Waals surface area contributed by atoms with Gasteiger partial charge in [0.2, 0.25) is 11.8 Å². The van der Waals surface area contributed by atoms with Crippen molar-refractivity contribution in [1.29, 1.82) is 0 Å². The van der Waals surface area contributed by atoms with Crippen molar-refractivity contribution in [2.75, 3.05) is 14.2 Å². The van der Waals surface area contributed by atoms with E-state index in [1.807, 2.05) is 103 Å². The van der Waals surface area contributed by atoms with Crippen LogP contribution < -0.4 is 9.47 Å². The number of pyridine rings is 2. The second-order valence-electron chi connectivity index (χ2n) is 18.9. The van der Waals surface area contributed by atoms with Crippen molar-refractivity contribution in [3.05, 3.63) is 191 Å². The third-order valence-corrected chi connectivity index (χ3v) is 12.9. The molecule has 0 bridgehead atoms. The van der Waals surface area contributed by atoms with Gasteiger partial charge < -0.3 is 9.47 Å². The maximum atomic E-state index is 15.8. The molecule has 8 rings (SSSR count). The Morgan fingerprint density at radius 1 is 0.526 bits per heavy atom. The molecule has 0 spiro atoms. The van der Waals surface area contributed by atoms with E-state index < -0.39 is 5.78 Å². The van der Waals surface area contributed by atoms with Crippen LogP contribution in [-0.4, -0.2) is 48.2 Å². The summed E-state index contributed by atoms with van der Waals surface area (Å²) in [6.45, 7) is 17.0. The molecule has 0 N–H and O–H groups in total. The Hall–Kier alpha value is -6.52. The second kappa shape index (κ2) is 28.0. The van der Waals surface area contributed by atoms with Crippen molar-refractivity contribution in [1.82, 2.24) is 9.97 Å². The zero-order chi connectivity index (χ0) is 51.1. The number of carbonyl (C=O) groups is 2. The molecular formula is C64H62Cl2CoN4NiO4-2. The topological polar surface area (TPSA) is 103 Å². The number of rotatable bonds is 17. The van der Waals surface area contributed by atoms with Crippen LogP contribution in [0.15, 0.2) is 156 Å². The van der Waals surface area contributed by atoms with Crippen molar-refractivity contribution in [3.63, 3.8) is 0 Å². The van der Waals surface area contributed by atoms with Gasteiger partial charge in [0.05, 0.1) is 38.0 Å². The number of aliphatic imine (C=N–C) groups is 2. The van der Waals surface area contributed by atoms with Crippen molar-refractivity contribution in [2.45, 2.75) is 79.1 Å². The molecule has 397 valence electrons. The van der Waals surface area contributed by atoms with Gasteiger partial charge in [0, 0.05) is 67.4 Å². The Kier molecular flexibility index (Phi) is 22.9. The van der Waals surface area contributed by atoms with Crippen LogP contribution in [0.25, 0.3) is 55.8 Å². The van der Waals surface area contributed by atoms with Crippen LogP contribution in [0.3, 0.4) is 0 Å². The van der Waals surface area contributed by atoms with Gasteiger partial charge in [-0.1, -0.05) is 169 Å². The summed E-state index contributed by atoms with van der Waals surface area (Å²) in [6, 6.07) is 51.9. The molecule has 6 aromatic carbocycles. The van der Waals surface area contributed by atoms with Gasteiger partial charge in [-0.2, -0.15) is 0 Å². The number of carbonyl (C=O) groups excluding carboxylic acids is 2. The van der Waals surface area contributed by atoms with Crippen LogP contribution in [0.2, 0.25) is 0 Å². The minimum atomic E-state index is -0.392. The molecule has 8 aromatic rings. The van der Waals surface area contributed by atoms with Gasteiger partial charge in [0.15, 0.2) is 11.6 Å². The SMILES string of the molecule is COc1ncc(C(=O)C=Nc2c(C(C)C)cccc2C(C)C)c(-c2[c-]cccc2-c2nc(OC)c(-c3ccccc3)c(-c3[c-]cccc3)c2C(=O)C=Nc2c(C(C)C)cccc2C(C)C)c1-c1ccccc1.Cl.Cl.[Co].[Ni]. The Labute approximate surface area is 481 Å². The van der Waals surface area contributed by atoms with Crippen molar-refractivity contribution >= 4 is 60.2 Å². The number of methoxy groups -OCH3 is 2. The summed E-state index contributed by atoms with van der Waals surface area (Å²) in [4.78, 5) is 51.1. The predicted molar refractivity (Wildman–Crippen MR) is 309 cm³/mol. The molecule has 2 aromatic heterocycles. The summed E-state index contributed by atoms with van der Waals surface area (Å²) in [6.07, 6.45) is 4.35. The van der Waals surface area contributed by atoms with Crippen LogP contribution in [0.1, 0.15) is 122 Å². The zero-order valence-corrected chi connectivity index (χ0v) is 47.9. The van der Waals surface area contributed by atoms with Gasteiger partial charge in [-0.25, -0.2) is 9.97 Å². The first-order valence-corrected chi connectivity index (χ1v) is 24.5. The molecule has 0 unspecified atom stereocenters. The van der Waals surface area contributed by atoms with Gasteiger partial charge in [-0.05, 0) is 57.1 Å². The van der Waals surface area contributed by atoms with E-state index in [2.05, 4.69) is 97.9 Å². The van der Waals surface area contributed by atoms with Crippen molar-refractivity contribution < 1.29 is 52.3 Å². The Morgan fingerprint density at radius 2 is 0.987 bits per heavy atom. The molecule has 0 amide bonds. The van der Waals surface area contributed by atoms with Crippen LogP contribution in [0, 0.1) is 12.1 Å². The first-order valence-electron chi connectivity index (χ1n) is 24.5. The number of hydrogen-bond donors (Lipinski definition) is 0. The molecule has 1 radical (unpaired) electrons. The minimum absolute atomic E-state index is 0. The first kappa shape index (κ1) is 62.0. The van der Waals surface area contributed by atoms with Crippen molar-refractivity contribution in [2.24, 2.45) is 9.98 Å². The van der Waals surface area contributed by atoms with Gasteiger partial charge in [-0.3, -0.25) is 19.6 Å². The standard InChI is InChI=1S/C64H60N4O4.2ClH.Co.Ni/c1-39(2)46-32-22-33-47(40(3)4)60(46)65-37-53(69)52-36-67-63(71-9)57(45-28-18-13-19-29-45)58(52)50-30-20-21-31-51(50)62-59(54(70)38-66-61-48(41(5)6)34-23-35-49(61)42(7)8)55(43-24-14-11-15-25-43)56(64(68-62)72-10)44-26-16-12-17-27-44;;;;/h11-24,26-29,31-42H,1-10H3;2*1H;;/q-2;;;;. The summed E-state index contributed by atoms with van der Waals surface area (Å²) in [7, 11) is 3.14. The summed E-state index contributed by atoms with van der Waals surface area (Å²) in [5.41, 5.74) is 11.8. The zero-order valence-electron chi connectivity index (χ0n) is 44.2. The Morgan fingerprint density at radius 3 is 1.45 bits per heavy atom. The van der Waals surface area contributed by atoms with E-state index in [0.717, 1.165) is 44.8 Å². The first-order chi connectivity index (χ1) is 34.8. The van der Waals surface area contributed by atoms with Gasteiger partial charge in [0.25, 0.3) is 0 Å². The number of aromatic nitrogens is 2. The number of halogens is 2. The molecule has 2 heterocycles. The average Bonchev–Trinajstić information content (AvgIpc) is 3.40. The third-order valence-electron chi connectivity index (χ3n) is 12.9. The number of ketones is 2. The molecule has 0 fully saturated rings. The molecular weight excluding hydrogens is 1080 g/mol. The van der Waals surface area contributed by atoms with Gasteiger partial charge in [0.1, 0.15) is 0 Å². The van der Waals surface area contributed by atoms with E-state index in [4.69, 9.17) is 29.4 Å². The maximum absolute atomic E-state index is 15.8. The molecule has 0 aliphatic carbocycles. The number of Topliss-reactive ketones (excluding diaryl/α,β-unsaturated/α-hetero) is 2. The van der Waals surface area contributed by atoms with Crippen LogP contribution in [0.5, 0.6) is 11.8 Å². The Balaban J connectivity index is 0.00000312. The number of ether oxygens (including phenoxy) is 2. The monoisotopic (exact) mass is 1140 g/mol. The number of hydrogen-bond acceptors (Lipinski definition) is 8. The molecule has 12 heteroatoms. The normalized spacial score (nSPS) is 11.1. The summed E-state index contributed by atoms with van der Waals surface area (Å²) < 4.78 is 12.3. The van der Waals surface area contributed by atoms with Gasteiger partial charge >= 0.3 is 0 Å². The van der Waals surface area contributed by atoms with E-state index in [1.54, 1.807) is 20.3 Å². The quantitative estimate of drug-likeness (QED) is 0.0389. The molecule has 0 saturated carbocycles. The van der Waals surface area contributed by atoms with Crippen LogP contribution in [-0.2, 0) is 33.3 Å². The van der Waals surface area contributed by atoms with Crippen LogP contribution >= 0.6 is 24.8 Å². The fraction of sp³-hybridized carbons (Fsp3) is 0.219. The summed E-state index contributed by atoms with van der Waals surface area (Å²) in [5.74, 6) is 0.409. The number of para-hydroxylation sites is 2. The van der Waals surface area contributed by atoms with Crippen LogP contribution in [0.4, 0.5) is 11.4 Å². The molecule has 76 heavy (non-hydrogen) atoms. The largest absolute Gasteiger partial charge is 0.481 e. The third kappa shape index (κ3) is 13.0. The fourth-order valence-corrected chi connectivity index (χ4v) is 9.35. The molecule has 0 aliphatic heterocycles. The molecule has 0 saturated heterocycles. The average molecular weight is 1140 g/mol. The van der Waals surface area contributed by atoms with E-state index in [1.165, 1.54) is 18.6 Å². The molecule has 8 nitrogen and oxygen atoms in total. The summed E-state index contributed by atoms with van der Waals surface area (Å²) in [5, 5.41) is 0. The van der Waals surface area contributed by atoms with Crippen molar-refractivity contribution in [3.8, 4) is 67.5 Å². The van der Waals surface area contributed by atoms with E-state index in [0.29, 0.717) is 38.9 Å². The molecule has 0 atom stereocenters. The fourth-order valence-electron chi connectivity index (χ4n) is 9.35. The maximum Gasteiger partial charge on any atom is 0.212 e. The Bertz CT molecular complexity index is 3280. The van der Waals surface area contributed by atoms with E-state index >= 15 is 9.59 Å². The minimum Gasteiger partial charge on any atom is -0.481 e. The van der Waals surface area contributed by atoms with Gasteiger partial charge in [-0.15, -0.1) is 90.5 Å². The number of benzene rings is 6.